The Morgan fingerprint density at radius 3 is 2.42 bits per heavy atom. The summed E-state index contributed by atoms with van der Waals surface area (Å²) in [4.78, 5) is 0. The third-order valence-electron chi connectivity index (χ3n) is 4.70. The molecular formula is C14H25Cl2N3. The van der Waals surface area contributed by atoms with Crippen LogP contribution in [0.5, 0.6) is 0 Å². The van der Waals surface area contributed by atoms with Crippen molar-refractivity contribution < 1.29 is 0 Å². The Morgan fingerprint density at radius 2 is 1.84 bits per heavy atom. The summed E-state index contributed by atoms with van der Waals surface area (Å²) in [6, 6.07) is 0. The van der Waals surface area contributed by atoms with Crippen molar-refractivity contribution in [1.82, 2.24) is 15.1 Å². The van der Waals surface area contributed by atoms with Gasteiger partial charge in [-0.3, -0.25) is 4.68 Å². The number of fused-ring (bicyclic) bond motifs is 2. The predicted octanol–water partition coefficient (Wildman–Crippen LogP) is 2.88. The van der Waals surface area contributed by atoms with E-state index >= 15 is 0 Å². The average Bonchev–Trinajstić information content (AvgIpc) is 2.89. The van der Waals surface area contributed by atoms with Gasteiger partial charge in [0.2, 0.25) is 0 Å². The monoisotopic (exact) mass is 305 g/mol. The third kappa shape index (κ3) is 2.53. The number of aromatic nitrogens is 2. The molecule has 3 nitrogen and oxygen atoms in total. The first-order valence-corrected chi connectivity index (χ1v) is 7.10. The Labute approximate surface area is 128 Å². The van der Waals surface area contributed by atoms with Gasteiger partial charge in [0.05, 0.1) is 5.69 Å². The van der Waals surface area contributed by atoms with Crippen molar-refractivity contribution in [2.24, 2.45) is 0 Å². The van der Waals surface area contributed by atoms with Gasteiger partial charge in [-0.1, -0.05) is 6.92 Å². The van der Waals surface area contributed by atoms with Crippen LogP contribution in [0.4, 0.5) is 0 Å². The van der Waals surface area contributed by atoms with Crippen LogP contribution in [0.1, 0.15) is 50.1 Å². The van der Waals surface area contributed by atoms with E-state index in [1.54, 1.807) is 5.56 Å². The molecule has 2 heterocycles. The Morgan fingerprint density at radius 1 is 1.16 bits per heavy atom. The van der Waals surface area contributed by atoms with Crippen LogP contribution in [0.2, 0.25) is 0 Å². The van der Waals surface area contributed by atoms with E-state index in [0.717, 1.165) is 13.0 Å². The number of hydrogen-bond acceptors (Lipinski definition) is 2. The van der Waals surface area contributed by atoms with Gasteiger partial charge < -0.3 is 5.32 Å². The lowest BCUT2D eigenvalue weighted by molar-refractivity contribution is 0.303. The summed E-state index contributed by atoms with van der Waals surface area (Å²) in [5.74, 6) is 0. The zero-order valence-corrected chi connectivity index (χ0v) is 13.5. The molecule has 0 unspecified atom stereocenters. The molecule has 1 spiro atoms. The lowest BCUT2D eigenvalue weighted by Gasteiger charge is -2.35. The van der Waals surface area contributed by atoms with Crippen molar-refractivity contribution in [3.63, 3.8) is 0 Å². The molecule has 0 atom stereocenters. The molecule has 0 amide bonds. The van der Waals surface area contributed by atoms with Crippen molar-refractivity contribution in [1.29, 1.82) is 0 Å². The van der Waals surface area contributed by atoms with E-state index in [1.165, 1.54) is 50.2 Å². The molecule has 0 saturated carbocycles. The first-order valence-electron chi connectivity index (χ1n) is 7.10. The highest BCUT2D eigenvalue weighted by Gasteiger charge is 2.43. The summed E-state index contributed by atoms with van der Waals surface area (Å²) in [6.07, 6.45) is 6.29. The van der Waals surface area contributed by atoms with Gasteiger partial charge in [0, 0.05) is 23.2 Å². The predicted molar refractivity (Wildman–Crippen MR) is 83.9 cm³/mol. The van der Waals surface area contributed by atoms with Crippen molar-refractivity contribution in [3.05, 3.63) is 17.0 Å². The smallest absolute Gasteiger partial charge is 0.0665 e. The lowest BCUT2D eigenvalue weighted by Crippen LogP contribution is -2.38. The highest BCUT2D eigenvalue weighted by molar-refractivity contribution is 5.85. The van der Waals surface area contributed by atoms with Gasteiger partial charge in [0.15, 0.2) is 0 Å². The second kappa shape index (κ2) is 6.47. The minimum atomic E-state index is 0. The summed E-state index contributed by atoms with van der Waals surface area (Å²) < 4.78 is 2.24. The fourth-order valence-corrected chi connectivity index (χ4v) is 3.85. The van der Waals surface area contributed by atoms with Crippen LogP contribution in [0.3, 0.4) is 0 Å². The molecule has 19 heavy (non-hydrogen) atoms. The normalized spacial score (nSPS) is 19.7. The molecule has 1 saturated heterocycles. The third-order valence-corrected chi connectivity index (χ3v) is 4.70. The molecule has 110 valence electrons. The summed E-state index contributed by atoms with van der Waals surface area (Å²) in [6.45, 7) is 7.86. The van der Waals surface area contributed by atoms with Crippen LogP contribution in [-0.2, 0) is 24.8 Å². The first-order chi connectivity index (χ1) is 8.30. The molecule has 1 N–H and O–H groups in total. The number of nitrogens with zero attached hydrogens (tertiary/aromatic N) is 2. The molecule has 0 aromatic carbocycles. The van der Waals surface area contributed by atoms with Crippen LogP contribution >= 0.6 is 24.8 Å². The zero-order chi connectivity index (χ0) is 11.9. The molecule has 2 aliphatic rings. The Kier molecular flexibility index (Phi) is 5.72. The molecule has 1 aliphatic carbocycles. The second-order valence-electron chi connectivity index (χ2n) is 5.47. The van der Waals surface area contributed by atoms with Crippen LogP contribution < -0.4 is 5.32 Å². The molecule has 0 bridgehead atoms. The lowest BCUT2D eigenvalue weighted by atomic mass is 9.74. The van der Waals surface area contributed by atoms with Crippen molar-refractivity contribution in [3.8, 4) is 0 Å². The van der Waals surface area contributed by atoms with Crippen molar-refractivity contribution >= 4 is 24.8 Å². The van der Waals surface area contributed by atoms with Gasteiger partial charge in [0.1, 0.15) is 0 Å². The van der Waals surface area contributed by atoms with E-state index in [-0.39, 0.29) is 24.8 Å². The maximum Gasteiger partial charge on any atom is 0.0665 e. The van der Waals surface area contributed by atoms with E-state index in [0.29, 0.717) is 5.41 Å². The number of halogens is 2. The number of aryl methyl sites for hydroxylation is 2. The minimum absolute atomic E-state index is 0. The van der Waals surface area contributed by atoms with Crippen molar-refractivity contribution in [2.75, 3.05) is 13.1 Å². The topological polar surface area (TPSA) is 29.9 Å². The average molecular weight is 306 g/mol. The first kappa shape index (κ1) is 16.8. The molecule has 5 heteroatoms. The van der Waals surface area contributed by atoms with E-state index in [4.69, 9.17) is 5.10 Å². The summed E-state index contributed by atoms with van der Waals surface area (Å²) in [7, 11) is 0. The van der Waals surface area contributed by atoms with E-state index in [1.807, 2.05) is 0 Å². The maximum atomic E-state index is 4.83. The highest BCUT2D eigenvalue weighted by atomic mass is 35.5. The molecule has 0 radical (unpaired) electrons. The summed E-state index contributed by atoms with van der Waals surface area (Å²) in [5.41, 5.74) is 5.04. The number of hydrogen-bond donors (Lipinski definition) is 1. The largest absolute Gasteiger partial charge is 0.317 e. The standard InChI is InChI=1S/C14H23N3.2ClH/c1-3-12-13-11(16-17(12)4-2)5-6-14(13)7-9-15-10-8-14;;/h15H,3-10H2,1-2H3;2*1H. The minimum Gasteiger partial charge on any atom is -0.317 e. The van der Waals surface area contributed by atoms with Gasteiger partial charge in [-0.05, 0) is 52.1 Å². The van der Waals surface area contributed by atoms with Crippen LogP contribution in [0, 0.1) is 0 Å². The van der Waals surface area contributed by atoms with Gasteiger partial charge in [0.25, 0.3) is 0 Å². The fraction of sp³-hybridized carbons (Fsp3) is 0.786. The summed E-state index contributed by atoms with van der Waals surface area (Å²) >= 11 is 0. The second-order valence-corrected chi connectivity index (χ2v) is 5.47. The molecular weight excluding hydrogens is 281 g/mol. The van der Waals surface area contributed by atoms with E-state index in [9.17, 15) is 0 Å². The highest BCUT2D eigenvalue weighted by Crippen LogP contribution is 2.46. The Hall–Kier alpha value is -0.250. The zero-order valence-electron chi connectivity index (χ0n) is 11.9. The van der Waals surface area contributed by atoms with Crippen molar-refractivity contribution in [2.45, 2.75) is 57.9 Å². The van der Waals surface area contributed by atoms with Crippen LogP contribution in [-0.4, -0.2) is 22.9 Å². The maximum absolute atomic E-state index is 4.83. The quantitative estimate of drug-likeness (QED) is 0.910. The van der Waals surface area contributed by atoms with E-state index in [2.05, 4.69) is 23.8 Å². The molecule has 1 aliphatic heterocycles. The number of rotatable bonds is 2. The molecule has 1 aromatic rings. The fourth-order valence-electron chi connectivity index (χ4n) is 3.85. The van der Waals surface area contributed by atoms with Gasteiger partial charge in [-0.15, -0.1) is 24.8 Å². The van der Waals surface area contributed by atoms with Gasteiger partial charge >= 0.3 is 0 Å². The SMILES string of the molecule is CCc1c2c(nn1CC)CCC21CCNCC1.Cl.Cl. The number of nitrogens with one attached hydrogen (secondary N) is 1. The number of piperidine rings is 1. The molecule has 1 fully saturated rings. The van der Waals surface area contributed by atoms with Gasteiger partial charge in [-0.2, -0.15) is 5.10 Å². The van der Waals surface area contributed by atoms with Gasteiger partial charge in [-0.25, -0.2) is 0 Å². The van der Waals surface area contributed by atoms with Crippen LogP contribution in [0.25, 0.3) is 0 Å². The van der Waals surface area contributed by atoms with Crippen LogP contribution in [0.15, 0.2) is 0 Å². The molecule has 3 rings (SSSR count). The Bertz CT molecular complexity index is 423. The molecule has 1 aromatic heterocycles. The Balaban J connectivity index is 0.000000902. The van der Waals surface area contributed by atoms with E-state index < -0.39 is 0 Å². The summed E-state index contributed by atoms with van der Waals surface area (Å²) in [5, 5.41) is 8.32.